The number of rotatable bonds is 6. The molecule has 0 aromatic heterocycles. The van der Waals surface area contributed by atoms with Gasteiger partial charge in [0.15, 0.2) is 0 Å². The molecular formula is C14H22N2O2. The second kappa shape index (κ2) is 7.01. The van der Waals surface area contributed by atoms with Gasteiger partial charge in [-0.05, 0) is 57.1 Å². The van der Waals surface area contributed by atoms with Crippen molar-refractivity contribution in [3.05, 3.63) is 23.3 Å². The predicted octanol–water partition coefficient (Wildman–Crippen LogP) is 2.25. The number of carbonyl (C=O) groups excluding carboxylic acids is 1. The van der Waals surface area contributed by atoms with Crippen LogP contribution in [-0.2, 0) is 4.79 Å². The molecule has 0 aliphatic rings. The molecule has 2 N–H and O–H groups in total. The van der Waals surface area contributed by atoms with Crippen LogP contribution in [0, 0.1) is 13.8 Å². The fraction of sp³-hybridized carbons (Fsp3) is 0.500. The summed E-state index contributed by atoms with van der Waals surface area (Å²) in [7, 11) is 3.53. The Labute approximate surface area is 109 Å². The summed E-state index contributed by atoms with van der Waals surface area (Å²) in [6.07, 6.45) is 1.38. The maximum atomic E-state index is 11.7. The Morgan fingerprint density at radius 2 is 2.00 bits per heavy atom. The molecule has 0 heterocycles. The van der Waals surface area contributed by atoms with Crippen LogP contribution in [0.2, 0.25) is 0 Å². The van der Waals surface area contributed by atoms with Crippen LogP contribution in [0.15, 0.2) is 12.1 Å². The predicted molar refractivity (Wildman–Crippen MR) is 74.3 cm³/mol. The van der Waals surface area contributed by atoms with Crippen LogP contribution in [0.4, 0.5) is 5.69 Å². The van der Waals surface area contributed by atoms with E-state index in [9.17, 15) is 4.79 Å². The van der Waals surface area contributed by atoms with Crippen LogP contribution in [0.1, 0.15) is 24.0 Å². The average Bonchev–Trinajstić information content (AvgIpc) is 2.36. The van der Waals surface area contributed by atoms with E-state index in [1.54, 1.807) is 7.11 Å². The summed E-state index contributed by atoms with van der Waals surface area (Å²) in [4.78, 5) is 11.7. The Balaban J connectivity index is 2.68. The van der Waals surface area contributed by atoms with Gasteiger partial charge in [0.1, 0.15) is 5.75 Å². The van der Waals surface area contributed by atoms with E-state index in [4.69, 9.17) is 4.74 Å². The number of hydrogen-bond donors (Lipinski definition) is 2. The number of ether oxygens (including phenoxy) is 1. The first-order valence-electron chi connectivity index (χ1n) is 6.18. The average molecular weight is 250 g/mol. The maximum absolute atomic E-state index is 11.7. The number of amides is 1. The summed E-state index contributed by atoms with van der Waals surface area (Å²) in [6.45, 7) is 4.83. The van der Waals surface area contributed by atoms with E-state index >= 15 is 0 Å². The van der Waals surface area contributed by atoms with Crippen molar-refractivity contribution in [3.8, 4) is 5.75 Å². The molecule has 0 atom stereocenters. The van der Waals surface area contributed by atoms with Gasteiger partial charge in [-0.1, -0.05) is 0 Å². The number of methoxy groups -OCH3 is 1. The lowest BCUT2D eigenvalue weighted by molar-refractivity contribution is -0.116. The summed E-state index contributed by atoms with van der Waals surface area (Å²) in [5.74, 6) is 0.901. The Hall–Kier alpha value is -1.55. The van der Waals surface area contributed by atoms with Gasteiger partial charge >= 0.3 is 0 Å². The maximum Gasteiger partial charge on any atom is 0.224 e. The highest BCUT2D eigenvalue weighted by Gasteiger charge is 2.09. The van der Waals surface area contributed by atoms with E-state index < -0.39 is 0 Å². The number of anilines is 1. The van der Waals surface area contributed by atoms with E-state index in [0.717, 1.165) is 35.5 Å². The lowest BCUT2D eigenvalue weighted by Crippen LogP contribution is -2.16. The Kier molecular flexibility index (Phi) is 5.65. The van der Waals surface area contributed by atoms with Gasteiger partial charge in [-0.25, -0.2) is 0 Å². The third-order valence-electron chi connectivity index (χ3n) is 3.06. The number of carbonyl (C=O) groups is 1. The van der Waals surface area contributed by atoms with Crippen LogP contribution in [-0.4, -0.2) is 26.6 Å². The van der Waals surface area contributed by atoms with Crippen molar-refractivity contribution in [2.24, 2.45) is 0 Å². The van der Waals surface area contributed by atoms with Gasteiger partial charge in [0.05, 0.1) is 7.11 Å². The Bertz CT molecular complexity index is 417. The molecule has 1 amide bonds. The molecule has 0 bridgehead atoms. The zero-order valence-electron chi connectivity index (χ0n) is 11.6. The smallest absolute Gasteiger partial charge is 0.224 e. The van der Waals surface area contributed by atoms with E-state index in [1.807, 2.05) is 33.0 Å². The Morgan fingerprint density at radius 3 is 2.61 bits per heavy atom. The zero-order valence-corrected chi connectivity index (χ0v) is 11.6. The molecule has 100 valence electrons. The first-order chi connectivity index (χ1) is 8.60. The summed E-state index contributed by atoms with van der Waals surface area (Å²) < 4.78 is 5.24. The summed E-state index contributed by atoms with van der Waals surface area (Å²) >= 11 is 0. The fourth-order valence-electron chi connectivity index (χ4n) is 1.79. The van der Waals surface area contributed by atoms with Gasteiger partial charge in [-0.15, -0.1) is 0 Å². The lowest BCUT2D eigenvalue weighted by Gasteiger charge is -2.13. The summed E-state index contributed by atoms with van der Waals surface area (Å²) in [5, 5.41) is 5.96. The molecule has 1 rings (SSSR count). The largest absolute Gasteiger partial charge is 0.496 e. The molecule has 0 aliphatic heterocycles. The quantitative estimate of drug-likeness (QED) is 0.761. The van der Waals surface area contributed by atoms with Crippen LogP contribution in [0.5, 0.6) is 5.75 Å². The van der Waals surface area contributed by atoms with Crippen molar-refractivity contribution >= 4 is 11.6 Å². The molecule has 0 spiro atoms. The van der Waals surface area contributed by atoms with E-state index in [0.29, 0.717) is 6.42 Å². The van der Waals surface area contributed by atoms with Gasteiger partial charge < -0.3 is 15.4 Å². The molecular weight excluding hydrogens is 228 g/mol. The third-order valence-corrected chi connectivity index (χ3v) is 3.06. The highest BCUT2D eigenvalue weighted by molar-refractivity contribution is 5.91. The monoisotopic (exact) mass is 250 g/mol. The van der Waals surface area contributed by atoms with Crippen molar-refractivity contribution in [1.82, 2.24) is 5.32 Å². The van der Waals surface area contributed by atoms with Crippen molar-refractivity contribution in [3.63, 3.8) is 0 Å². The van der Waals surface area contributed by atoms with Crippen LogP contribution in [0.25, 0.3) is 0 Å². The second-order valence-corrected chi connectivity index (χ2v) is 4.32. The van der Waals surface area contributed by atoms with E-state index in [1.165, 1.54) is 0 Å². The van der Waals surface area contributed by atoms with E-state index in [2.05, 4.69) is 10.6 Å². The molecule has 0 saturated heterocycles. The lowest BCUT2D eigenvalue weighted by atomic mass is 10.1. The van der Waals surface area contributed by atoms with Crippen molar-refractivity contribution in [1.29, 1.82) is 0 Å². The first-order valence-corrected chi connectivity index (χ1v) is 6.18. The zero-order chi connectivity index (χ0) is 13.5. The first kappa shape index (κ1) is 14.5. The minimum Gasteiger partial charge on any atom is -0.496 e. The molecule has 0 fully saturated rings. The second-order valence-electron chi connectivity index (χ2n) is 4.32. The topological polar surface area (TPSA) is 50.4 Å². The molecule has 4 nitrogen and oxygen atoms in total. The molecule has 0 aliphatic carbocycles. The molecule has 0 radical (unpaired) electrons. The van der Waals surface area contributed by atoms with Crippen molar-refractivity contribution < 1.29 is 9.53 Å². The summed E-state index contributed by atoms with van der Waals surface area (Å²) in [6, 6.07) is 3.77. The highest BCUT2D eigenvalue weighted by atomic mass is 16.5. The molecule has 18 heavy (non-hydrogen) atoms. The highest BCUT2D eigenvalue weighted by Crippen LogP contribution is 2.27. The summed E-state index contributed by atoms with van der Waals surface area (Å²) in [5.41, 5.74) is 2.98. The normalized spacial score (nSPS) is 10.2. The third kappa shape index (κ3) is 3.74. The van der Waals surface area contributed by atoms with Crippen LogP contribution >= 0.6 is 0 Å². The van der Waals surface area contributed by atoms with Crippen LogP contribution in [0.3, 0.4) is 0 Å². The van der Waals surface area contributed by atoms with Gasteiger partial charge in [0.2, 0.25) is 5.91 Å². The molecule has 1 aromatic rings. The fourth-order valence-corrected chi connectivity index (χ4v) is 1.79. The SMILES string of the molecule is CNCCCC(=O)Nc1ccc(OC)c(C)c1C. The number of nitrogens with one attached hydrogen (secondary N) is 2. The van der Waals surface area contributed by atoms with E-state index in [-0.39, 0.29) is 5.91 Å². The van der Waals surface area contributed by atoms with Crippen molar-refractivity contribution in [2.45, 2.75) is 26.7 Å². The van der Waals surface area contributed by atoms with Gasteiger partial charge in [0, 0.05) is 12.1 Å². The van der Waals surface area contributed by atoms with Gasteiger partial charge in [-0.3, -0.25) is 4.79 Å². The van der Waals surface area contributed by atoms with Crippen molar-refractivity contribution in [2.75, 3.05) is 26.0 Å². The molecule has 4 heteroatoms. The number of benzene rings is 1. The van der Waals surface area contributed by atoms with Crippen LogP contribution < -0.4 is 15.4 Å². The number of hydrogen-bond acceptors (Lipinski definition) is 3. The standard InChI is InChI=1S/C14H22N2O2/c1-10-11(2)13(18-4)8-7-12(10)16-14(17)6-5-9-15-3/h7-8,15H,5-6,9H2,1-4H3,(H,16,17). The minimum absolute atomic E-state index is 0.0536. The minimum atomic E-state index is 0.0536. The molecule has 0 unspecified atom stereocenters. The Morgan fingerprint density at radius 1 is 1.28 bits per heavy atom. The van der Waals surface area contributed by atoms with Gasteiger partial charge in [0.25, 0.3) is 0 Å². The van der Waals surface area contributed by atoms with Gasteiger partial charge in [-0.2, -0.15) is 0 Å². The molecule has 1 aromatic carbocycles. The molecule has 0 saturated carbocycles.